The molecule has 1 aliphatic rings. The number of carbonyl (C=O) groups excluding carboxylic acids is 1. The van der Waals surface area contributed by atoms with E-state index in [0.717, 1.165) is 11.5 Å². The van der Waals surface area contributed by atoms with E-state index in [0.29, 0.717) is 24.4 Å². The van der Waals surface area contributed by atoms with E-state index in [1.54, 1.807) is 22.7 Å². The molecule has 0 unspecified atom stereocenters. The molecule has 0 saturated carbocycles. The van der Waals surface area contributed by atoms with Gasteiger partial charge in [0.1, 0.15) is 24.0 Å². The molecule has 2 aromatic heterocycles. The molecule has 1 saturated heterocycles. The van der Waals surface area contributed by atoms with Crippen molar-refractivity contribution in [3.05, 3.63) is 48.2 Å². The van der Waals surface area contributed by atoms with Crippen LogP contribution in [0.2, 0.25) is 0 Å². The highest BCUT2D eigenvalue weighted by Gasteiger charge is 2.37. The third kappa shape index (κ3) is 2.50. The molecule has 1 atom stereocenters. The molecule has 0 radical (unpaired) electrons. The number of aryl methyl sites for hydroxylation is 1. The molecule has 0 spiro atoms. The summed E-state index contributed by atoms with van der Waals surface area (Å²) < 4.78 is 15.7. The molecule has 7 nitrogen and oxygen atoms in total. The summed E-state index contributed by atoms with van der Waals surface area (Å²) in [6.45, 7) is 2.34. The lowest BCUT2D eigenvalue weighted by atomic mass is 10.2. The van der Waals surface area contributed by atoms with Crippen LogP contribution < -0.4 is 9.80 Å². The summed E-state index contributed by atoms with van der Waals surface area (Å²) >= 11 is 0. The minimum absolute atomic E-state index is 0.129. The van der Waals surface area contributed by atoms with E-state index >= 15 is 0 Å². The maximum absolute atomic E-state index is 14.0. The third-order valence-corrected chi connectivity index (χ3v) is 4.51. The summed E-state index contributed by atoms with van der Waals surface area (Å²) in [5, 5.41) is 4.19. The van der Waals surface area contributed by atoms with E-state index < -0.39 is 11.9 Å². The van der Waals surface area contributed by atoms with Gasteiger partial charge in [0.25, 0.3) is 5.78 Å². The van der Waals surface area contributed by atoms with Crippen molar-refractivity contribution in [1.29, 1.82) is 0 Å². The van der Waals surface area contributed by atoms with Gasteiger partial charge in [-0.2, -0.15) is 14.6 Å². The van der Waals surface area contributed by atoms with Crippen LogP contribution in [0.15, 0.2) is 36.7 Å². The maximum Gasteiger partial charge on any atom is 0.254 e. The number of halogens is 1. The van der Waals surface area contributed by atoms with Crippen LogP contribution in [0, 0.1) is 12.7 Å². The molecule has 4 rings (SSSR count). The monoisotopic (exact) mass is 340 g/mol. The van der Waals surface area contributed by atoms with E-state index in [1.165, 1.54) is 17.3 Å². The van der Waals surface area contributed by atoms with Gasteiger partial charge in [-0.3, -0.25) is 4.79 Å². The predicted octanol–water partition coefficient (Wildman–Crippen LogP) is 1.81. The average Bonchev–Trinajstić information content (AvgIpc) is 3.20. The van der Waals surface area contributed by atoms with Gasteiger partial charge in [0.15, 0.2) is 0 Å². The fourth-order valence-electron chi connectivity index (χ4n) is 3.26. The Morgan fingerprint density at radius 2 is 2.12 bits per heavy atom. The van der Waals surface area contributed by atoms with Crippen molar-refractivity contribution in [3.63, 3.8) is 0 Å². The molecule has 1 fully saturated rings. The largest absolute Gasteiger partial charge is 0.347 e. The number of amides is 1. The zero-order valence-electron chi connectivity index (χ0n) is 13.9. The van der Waals surface area contributed by atoms with Gasteiger partial charge in [0, 0.05) is 25.4 Å². The van der Waals surface area contributed by atoms with Crippen LogP contribution >= 0.6 is 0 Å². The first-order valence-corrected chi connectivity index (χ1v) is 8.02. The molecule has 0 aliphatic carbocycles. The fraction of sp³-hybridized carbons (Fsp3) is 0.294. The molecule has 1 aromatic carbocycles. The number of hydrogen-bond acceptors (Lipinski definition) is 5. The van der Waals surface area contributed by atoms with Gasteiger partial charge >= 0.3 is 0 Å². The molecule has 8 heteroatoms. The summed E-state index contributed by atoms with van der Waals surface area (Å²) in [5.41, 5.74) is 1.11. The standard InChI is InChI=1S/C17H17FN6O/c1-11-9-15(24-17(21-11)19-10-20-24)22(2)14-7-8-23(16(14)25)13-6-4-3-5-12(13)18/h3-6,9-10,14H,7-8H2,1-2H3/t14-/m1/s1. The van der Waals surface area contributed by atoms with Crippen LogP contribution in [0.3, 0.4) is 0 Å². The molecular formula is C17H17FN6O. The Balaban J connectivity index is 1.67. The Bertz CT molecular complexity index is 955. The van der Waals surface area contributed by atoms with E-state index in [2.05, 4.69) is 15.1 Å². The topological polar surface area (TPSA) is 66.6 Å². The second-order valence-electron chi connectivity index (χ2n) is 6.08. The highest BCUT2D eigenvalue weighted by molar-refractivity contribution is 6.01. The molecule has 0 bridgehead atoms. The summed E-state index contributed by atoms with van der Waals surface area (Å²) in [6.07, 6.45) is 2.03. The van der Waals surface area contributed by atoms with Crippen molar-refractivity contribution in [2.24, 2.45) is 0 Å². The minimum atomic E-state index is -0.395. The first-order chi connectivity index (χ1) is 12.1. The van der Waals surface area contributed by atoms with E-state index in [4.69, 9.17) is 0 Å². The Kier molecular flexibility index (Phi) is 3.60. The average molecular weight is 340 g/mol. The van der Waals surface area contributed by atoms with Crippen molar-refractivity contribution >= 4 is 23.2 Å². The van der Waals surface area contributed by atoms with Gasteiger partial charge < -0.3 is 9.80 Å². The number of para-hydroxylation sites is 1. The number of rotatable bonds is 3. The smallest absolute Gasteiger partial charge is 0.254 e. The van der Waals surface area contributed by atoms with Crippen LogP contribution in [0.1, 0.15) is 12.1 Å². The number of nitrogens with zero attached hydrogens (tertiary/aromatic N) is 6. The lowest BCUT2D eigenvalue weighted by Crippen LogP contribution is -2.41. The Labute approximate surface area is 143 Å². The van der Waals surface area contributed by atoms with Crippen molar-refractivity contribution in [2.45, 2.75) is 19.4 Å². The number of aromatic nitrogens is 4. The summed E-state index contributed by atoms with van der Waals surface area (Å²) in [4.78, 5) is 24.7. The number of hydrogen-bond donors (Lipinski definition) is 0. The number of likely N-dealkylation sites (N-methyl/N-ethyl adjacent to an activating group) is 1. The summed E-state index contributed by atoms with van der Waals surface area (Å²) in [6, 6.07) is 7.81. The number of benzene rings is 1. The third-order valence-electron chi connectivity index (χ3n) is 4.51. The molecule has 3 heterocycles. The first-order valence-electron chi connectivity index (χ1n) is 8.02. The molecule has 3 aromatic rings. The van der Waals surface area contributed by atoms with Crippen molar-refractivity contribution in [3.8, 4) is 0 Å². The quantitative estimate of drug-likeness (QED) is 0.727. The SMILES string of the molecule is Cc1cc(N(C)[C@@H]2CCN(c3ccccc3F)C2=O)n2ncnc2n1. The molecule has 25 heavy (non-hydrogen) atoms. The number of carbonyl (C=O) groups is 1. The van der Waals surface area contributed by atoms with E-state index in [-0.39, 0.29) is 5.91 Å². The Morgan fingerprint density at radius 3 is 2.92 bits per heavy atom. The van der Waals surface area contributed by atoms with Crippen LogP contribution in [-0.2, 0) is 4.79 Å². The second kappa shape index (κ2) is 5.80. The van der Waals surface area contributed by atoms with Crippen LogP contribution in [0.5, 0.6) is 0 Å². The molecular weight excluding hydrogens is 323 g/mol. The van der Waals surface area contributed by atoms with Gasteiger partial charge in [-0.25, -0.2) is 9.37 Å². The number of fused-ring (bicyclic) bond motifs is 1. The van der Waals surface area contributed by atoms with Gasteiger partial charge in [-0.1, -0.05) is 12.1 Å². The minimum Gasteiger partial charge on any atom is -0.347 e. The zero-order valence-corrected chi connectivity index (χ0v) is 13.9. The Morgan fingerprint density at radius 1 is 1.32 bits per heavy atom. The predicted molar refractivity (Wildman–Crippen MR) is 91.1 cm³/mol. The molecule has 0 N–H and O–H groups in total. The van der Waals surface area contributed by atoms with Crippen molar-refractivity contribution in [2.75, 3.05) is 23.4 Å². The van der Waals surface area contributed by atoms with Crippen molar-refractivity contribution in [1.82, 2.24) is 19.6 Å². The fourth-order valence-corrected chi connectivity index (χ4v) is 3.26. The van der Waals surface area contributed by atoms with Crippen LogP contribution in [0.25, 0.3) is 5.78 Å². The van der Waals surface area contributed by atoms with Crippen molar-refractivity contribution < 1.29 is 9.18 Å². The lowest BCUT2D eigenvalue weighted by molar-refractivity contribution is -0.118. The normalized spacial score (nSPS) is 17.5. The van der Waals surface area contributed by atoms with Gasteiger partial charge in [0.2, 0.25) is 5.91 Å². The van der Waals surface area contributed by atoms with Gasteiger partial charge in [-0.05, 0) is 25.5 Å². The lowest BCUT2D eigenvalue weighted by Gasteiger charge is -2.26. The van der Waals surface area contributed by atoms with Crippen LogP contribution in [0.4, 0.5) is 15.9 Å². The summed E-state index contributed by atoms with van der Waals surface area (Å²) in [7, 11) is 1.84. The summed E-state index contributed by atoms with van der Waals surface area (Å²) in [5.74, 6) is 0.694. The maximum atomic E-state index is 14.0. The van der Waals surface area contributed by atoms with E-state index in [1.807, 2.05) is 24.9 Å². The number of anilines is 2. The highest BCUT2D eigenvalue weighted by atomic mass is 19.1. The van der Waals surface area contributed by atoms with Gasteiger partial charge in [-0.15, -0.1) is 0 Å². The highest BCUT2D eigenvalue weighted by Crippen LogP contribution is 2.28. The molecule has 128 valence electrons. The zero-order chi connectivity index (χ0) is 17.6. The molecule has 1 aliphatic heterocycles. The molecule has 1 amide bonds. The van der Waals surface area contributed by atoms with Crippen LogP contribution in [-0.4, -0.2) is 45.1 Å². The van der Waals surface area contributed by atoms with Gasteiger partial charge in [0.05, 0.1) is 5.69 Å². The second-order valence-corrected chi connectivity index (χ2v) is 6.08. The first kappa shape index (κ1) is 15.5. The van der Waals surface area contributed by atoms with E-state index in [9.17, 15) is 9.18 Å². The Hall–Kier alpha value is -3.03.